The topological polar surface area (TPSA) is 80.7 Å². The minimum atomic E-state index is -2.43. The van der Waals surface area contributed by atoms with Crippen LogP contribution in [0.25, 0.3) is 0 Å². The number of fused-ring (bicyclic) bond motifs is 2. The molecule has 6 heteroatoms. The Bertz CT molecular complexity index is 781. The minimum absolute atomic E-state index is 0.215. The summed E-state index contributed by atoms with van der Waals surface area (Å²) in [6, 6.07) is 11.4. The number of rotatable bonds is 3. The molecule has 1 N–H and O–H groups in total. The first-order valence-corrected chi connectivity index (χ1v) is 7.17. The highest BCUT2D eigenvalue weighted by molar-refractivity contribution is 7.74. The second-order valence-corrected chi connectivity index (χ2v) is 5.19. The first-order chi connectivity index (χ1) is 10.1. The van der Waals surface area contributed by atoms with Crippen LogP contribution in [-0.4, -0.2) is 20.3 Å². The van der Waals surface area contributed by atoms with Gasteiger partial charge in [-0.1, -0.05) is 42.5 Å². The van der Waals surface area contributed by atoms with Crippen LogP contribution in [0, 0.1) is 0 Å². The van der Waals surface area contributed by atoms with E-state index in [-0.39, 0.29) is 23.7 Å². The minimum Gasteiger partial charge on any atom is -0.289 e. The van der Waals surface area contributed by atoms with Gasteiger partial charge in [-0.25, -0.2) is 0 Å². The second-order valence-electron chi connectivity index (χ2n) is 4.52. The average Bonchev–Trinajstić information content (AvgIpc) is 2.50. The van der Waals surface area contributed by atoms with Crippen LogP contribution in [0.5, 0.6) is 0 Å². The van der Waals surface area contributed by atoms with E-state index in [1.807, 2.05) is 0 Å². The van der Waals surface area contributed by atoms with Gasteiger partial charge in [-0.3, -0.25) is 18.3 Å². The van der Waals surface area contributed by atoms with Gasteiger partial charge in [0.2, 0.25) is 0 Å². The van der Waals surface area contributed by atoms with E-state index < -0.39 is 11.4 Å². The third-order valence-electron chi connectivity index (χ3n) is 3.35. The molecule has 1 aliphatic rings. The predicted octanol–water partition coefficient (Wildman–Crippen LogP) is 2.12. The summed E-state index contributed by atoms with van der Waals surface area (Å²) in [6.45, 7) is -0.215. The molecule has 0 heterocycles. The van der Waals surface area contributed by atoms with Gasteiger partial charge in [-0.2, -0.15) is 4.21 Å². The fraction of sp³-hybridized carbons (Fsp3) is 0.0667. The Morgan fingerprint density at radius 1 is 0.905 bits per heavy atom. The molecule has 0 spiro atoms. The Kier molecular flexibility index (Phi) is 3.50. The average molecular weight is 302 g/mol. The lowest BCUT2D eigenvalue weighted by molar-refractivity contribution is 0.0977. The fourth-order valence-electron chi connectivity index (χ4n) is 2.45. The van der Waals surface area contributed by atoms with E-state index in [1.165, 1.54) is 0 Å². The van der Waals surface area contributed by atoms with E-state index >= 15 is 0 Å². The Hall–Kier alpha value is -2.15. The summed E-state index contributed by atoms with van der Waals surface area (Å²) in [7, 11) is 0. The molecule has 0 bridgehead atoms. The van der Waals surface area contributed by atoms with Crippen molar-refractivity contribution in [3.8, 4) is 0 Å². The zero-order chi connectivity index (χ0) is 15.0. The number of benzene rings is 2. The number of carbonyl (C=O) groups is 2. The van der Waals surface area contributed by atoms with Gasteiger partial charge in [-0.15, -0.1) is 0 Å². The maximum atomic E-state index is 12.6. The van der Waals surface area contributed by atoms with Crippen molar-refractivity contribution in [2.45, 2.75) is 6.61 Å². The van der Waals surface area contributed by atoms with Gasteiger partial charge in [0.25, 0.3) is 0 Å². The smallest absolute Gasteiger partial charge is 0.289 e. The van der Waals surface area contributed by atoms with E-state index in [1.54, 1.807) is 42.5 Å². The molecule has 0 saturated carbocycles. The number of ketones is 2. The zero-order valence-electron chi connectivity index (χ0n) is 10.7. The number of carbonyl (C=O) groups excluding carboxylic acids is 2. The molecule has 106 valence electrons. The standard InChI is InChI=1S/C15H10O5S/c16-14-10-5-1-2-6-11(10)15(17)13-9(8-20-21(18)19)4-3-7-12(13)14/h1-7H,8H2,(H,18,19). The van der Waals surface area contributed by atoms with Crippen molar-refractivity contribution >= 4 is 22.9 Å². The maximum absolute atomic E-state index is 12.6. The number of hydrogen-bond acceptors (Lipinski definition) is 4. The molecule has 1 atom stereocenters. The Morgan fingerprint density at radius 2 is 1.52 bits per heavy atom. The van der Waals surface area contributed by atoms with E-state index in [0.717, 1.165) is 0 Å². The predicted molar refractivity (Wildman–Crippen MR) is 75.3 cm³/mol. The zero-order valence-corrected chi connectivity index (χ0v) is 11.6. The summed E-state index contributed by atoms with van der Waals surface area (Å²) in [6.07, 6.45) is 0. The molecular formula is C15H10O5S. The molecule has 0 amide bonds. The normalized spacial score (nSPS) is 14.5. The summed E-state index contributed by atoms with van der Waals surface area (Å²) < 4.78 is 23.9. The molecule has 2 aromatic carbocycles. The molecule has 3 rings (SSSR count). The summed E-state index contributed by atoms with van der Waals surface area (Å²) >= 11 is -2.43. The van der Waals surface area contributed by atoms with Gasteiger partial charge in [0.1, 0.15) is 0 Å². The van der Waals surface area contributed by atoms with Gasteiger partial charge >= 0.3 is 11.4 Å². The molecule has 0 aromatic heterocycles. The van der Waals surface area contributed by atoms with Gasteiger partial charge in [0.15, 0.2) is 11.6 Å². The van der Waals surface area contributed by atoms with E-state index in [2.05, 4.69) is 4.18 Å². The van der Waals surface area contributed by atoms with Crippen molar-refractivity contribution in [2.24, 2.45) is 0 Å². The van der Waals surface area contributed by atoms with Crippen molar-refractivity contribution < 1.29 is 22.5 Å². The van der Waals surface area contributed by atoms with E-state index in [4.69, 9.17) is 4.55 Å². The van der Waals surface area contributed by atoms with Crippen LogP contribution in [0.4, 0.5) is 0 Å². The largest absolute Gasteiger partial charge is 0.302 e. The second kappa shape index (κ2) is 5.33. The first-order valence-electron chi connectivity index (χ1n) is 6.14. The highest BCUT2D eigenvalue weighted by atomic mass is 32.2. The van der Waals surface area contributed by atoms with Crippen molar-refractivity contribution in [2.75, 3.05) is 0 Å². The third kappa shape index (κ3) is 2.33. The first kappa shape index (κ1) is 13.8. The summed E-state index contributed by atoms with van der Waals surface area (Å²) in [5.41, 5.74) is 1.67. The van der Waals surface area contributed by atoms with Gasteiger partial charge in [0, 0.05) is 22.3 Å². The highest BCUT2D eigenvalue weighted by Gasteiger charge is 2.31. The molecule has 21 heavy (non-hydrogen) atoms. The molecule has 1 aliphatic carbocycles. The summed E-state index contributed by atoms with van der Waals surface area (Å²) in [5.74, 6) is -0.504. The van der Waals surface area contributed by atoms with Crippen molar-refractivity contribution in [3.05, 3.63) is 70.3 Å². The van der Waals surface area contributed by atoms with Crippen molar-refractivity contribution in [1.29, 1.82) is 0 Å². The molecule has 0 aliphatic heterocycles. The lowest BCUT2D eigenvalue weighted by atomic mass is 9.82. The molecule has 0 fully saturated rings. The summed E-state index contributed by atoms with van der Waals surface area (Å²) in [4.78, 5) is 25.0. The number of hydrogen-bond donors (Lipinski definition) is 1. The monoisotopic (exact) mass is 302 g/mol. The van der Waals surface area contributed by atoms with E-state index in [9.17, 15) is 13.8 Å². The van der Waals surface area contributed by atoms with Crippen LogP contribution >= 0.6 is 0 Å². The van der Waals surface area contributed by atoms with Crippen LogP contribution in [0.15, 0.2) is 42.5 Å². The van der Waals surface area contributed by atoms with E-state index in [0.29, 0.717) is 22.3 Å². The quantitative estimate of drug-likeness (QED) is 0.749. The van der Waals surface area contributed by atoms with Crippen LogP contribution in [0.1, 0.15) is 37.4 Å². The Labute approximate surface area is 123 Å². The van der Waals surface area contributed by atoms with Crippen LogP contribution in [-0.2, 0) is 22.2 Å². The Balaban J connectivity index is 2.14. The molecule has 0 saturated heterocycles. The van der Waals surface area contributed by atoms with Gasteiger partial charge < -0.3 is 0 Å². The molecule has 5 nitrogen and oxygen atoms in total. The van der Waals surface area contributed by atoms with Crippen molar-refractivity contribution in [1.82, 2.24) is 0 Å². The van der Waals surface area contributed by atoms with Crippen LogP contribution in [0.2, 0.25) is 0 Å². The van der Waals surface area contributed by atoms with Gasteiger partial charge in [0.05, 0.1) is 6.61 Å². The third-order valence-corrected chi connectivity index (χ3v) is 3.67. The molecular weight excluding hydrogens is 292 g/mol. The maximum Gasteiger partial charge on any atom is 0.302 e. The van der Waals surface area contributed by atoms with Crippen LogP contribution in [0.3, 0.4) is 0 Å². The highest BCUT2D eigenvalue weighted by Crippen LogP contribution is 2.29. The van der Waals surface area contributed by atoms with Crippen LogP contribution < -0.4 is 0 Å². The van der Waals surface area contributed by atoms with Crippen molar-refractivity contribution in [3.63, 3.8) is 0 Å². The lowest BCUT2D eigenvalue weighted by Crippen LogP contribution is -2.22. The molecule has 0 radical (unpaired) electrons. The Morgan fingerprint density at radius 3 is 2.19 bits per heavy atom. The SMILES string of the molecule is O=C1c2ccccc2C(=O)c2c(COS(=O)O)cccc21. The molecule has 1 unspecified atom stereocenters. The summed E-state index contributed by atoms with van der Waals surface area (Å²) in [5, 5.41) is 0. The fourth-order valence-corrected chi connectivity index (χ4v) is 2.68. The lowest BCUT2D eigenvalue weighted by Gasteiger charge is -2.19. The molecule has 2 aromatic rings. The van der Waals surface area contributed by atoms with Gasteiger partial charge in [-0.05, 0) is 5.56 Å².